The van der Waals surface area contributed by atoms with Crippen molar-refractivity contribution in [3.8, 4) is 11.5 Å². The van der Waals surface area contributed by atoms with E-state index in [0.717, 1.165) is 20.9 Å². The van der Waals surface area contributed by atoms with Gasteiger partial charge in [-0.3, -0.25) is 9.59 Å². The van der Waals surface area contributed by atoms with Crippen molar-refractivity contribution in [3.63, 3.8) is 0 Å². The summed E-state index contributed by atoms with van der Waals surface area (Å²) in [5, 5.41) is 3.63. The molecule has 0 aromatic heterocycles. The van der Waals surface area contributed by atoms with Gasteiger partial charge in [-0.05, 0) is 72.1 Å². The van der Waals surface area contributed by atoms with E-state index in [2.05, 4.69) is 5.32 Å². The second kappa shape index (κ2) is 11.8. The molecule has 4 aromatic rings. The highest BCUT2D eigenvalue weighted by atomic mass is 35.5. The quantitative estimate of drug-likeness (QED) is 0.262. The van der Waals surface area contributed by atoms with E-state index in [-0.39, 0.29) is 11.8 Å². The van der Waals surface area contributed by atoms with Crippen LogP contribution in [0.4, 0.5) is 5.69 Å². The van der Waals surface area contributed by atoms with Gasteiger partial charge in [-0.15, -0.1) is 0 Å². The van der Waals surface area contributed by atoms with E-state index in [4.69, 9.17) is 21.1 Å². The molecule has 39 heavy (non-hydrogen) atoms. The minimum Gasteiger partial charge on any atom is -0.493 e. The van der Waals surface area contributed by atoms with Crippen molar-refractivity contribution in [1.29, 1.82) is 0 Å². The molecule has 8 heteroatoms. The molecular weight excluding hydrogens is 532 g/mol. The van der Waals surface area contributed by atoms with Crippen LogP contribution in [-0.4, -0.2) is 32.6 Å². The molecule has 4 aromatic carbocycles. The molecular formula is C31H27ClN2O4S. The number of anilines is 1. The Kier molecular flexibility index (Phi) is 8.10. The van der Waals surface area contributed by atoms with Gasteiger partial charge in [-0.1, -0.05) is 53.7 Å². The summed E-state index contributed by atoms with van der Waals surface area (Å²) in [6.45, 7) is 0.793. The Labute approximate surface area is 236 Å². The predicted octanol–water partition coefficient (Wildman–Crippen LogP) is 6.64. The third kappa shape index (κ3) is 5.90. The second-order valence-electron chi connectivity index (χ2n) is 8.99. The summed E-state index contributed by atoms with van der Waals surface area (Å²) in [5.41, 5.74) is 3.77. The van der Waals surface area contributed by atoms with Gasteiger partial charge in [0.05, 0.1) is 32.0 Å². The maximum absolute atomic E-state index is 13.7. The molecule has 1 heterocycles. The van der Waals surface area contributed by atoms with Crippen LogP contribution in [0.15, 0.2) is 94.7 Å². The lowest BCUT2D eigenvalue weighted by Crippen LogP contribution is -2.31. The normalized spacial score (nSPS) is 12.3. The zero-order valence-electron chi connectivity index (χ0n) is 21.6. The van der Waals surface area contributed by atoms with Gasteiger partial charge in [0, 0.05) is 26.9 Å². The summed E-state index contributed by atoms with van der Waals surface area (Å²) in [6, 6.07) is 26.2. The number of hydrogen-bond acceptors (Lipinski definition) is 5. The molecule has 0 saturated carbocycles. The number of carbonyl (C=O) groups is 2. The summed E-state index contributed by atoms with van der Waals surface area (Å²) >= 11 is 7.61. The highest BCUT2D eigenvalue weighted by Crippen LogP contribution is 2.42. The van der Waals surface area contributed by atoms with Crippen LogP contribution >= 0.6 is 23.4 Å². The molecule has 0 atom stereocenters. The first-order valence-electron chi connectivity index (χ1n) is 12.4. The zero-order chi connectivity index (χ0) is 27.4. The van der Waals surface area contributed by atoms with Gasteiger partial charge in [0.25, 0.3) is 11.8 Å². The number of amides is 2. The number of nitrogens with one attached hydrogen (secondary N) is 1. The molecule has 1 aliphatic heterocycles. The van der Waals surface area contributed by atoms with Crippen molar-refractivity contribution < 1.29 is 19.1 Å². The van der Waals surface area contributed by atoms with E-state index in [1.165, 1.54) is 11.8 Å². The van der Waals surface area contributed by atoms with Crippen LogP contribution < -0.4 is 19.7 Å². The minimum absolute atomic E-state index is 0.113. The Hall–Kier alpha value is -3.94. The molecule has 0 unspecified atom stereocenters. The molecule has 6 nitrogen and oxygen atoms in total. The SMILES string of the molecule is COc1ccc(CCNC(=O)c2ccc3c(c2)N(Cc2ccc(Cl)cc2)C(=O)c2ccccc2S3)cc1OC. The number of nitrogens with zero attached hydrogens (tertiary/aromatic N) is 1. The maximum Gasteiger partial charge on any atom is 0.259 e. The Morgan fingerprint density at radius 3 is 2.38 bits per heavy atom. The number of fused-ring (bicyclic) bond motifs is 2. The fraction of sp³-hybridized carbons (Fsp3) is 0.161. The third-order valence-corrected chi connectivity index (χ3v) is 7.89. The number of ether oxygens (including phenoxy) is 2. The number of carbonyl (C=O) groups excluding carboxylic acids is 2. The van der Waals surface area contributed by atoms with E-state index >= 15 is 0 Å². The Morgan fingerprint density at radius 2 is 1.62 bits per heavy atom. The lowest BCUT2D eigenvalue weighted by Gasteiger charge is -2.24. The molecule has 0 bridgehead atoms. The molecule has 0 saturated heterocycles. The zero-order valence-corrected chi connectivity index (χ0v) is 23.1. The van der Waals surface area contributed by atoms with Crippen molar-refractivity contribution in [2.75, 3.05) is 25.7 Å². The van der Waals surface area contributed by atoms with Crippen LogP contribution in [0.25, 0.3) is 0 Å². The first-order chi connectivity index (χ1) is 19.0. The largest absolute Gasteiger partial charge is 0.493 e. The maximum atomic E-state index is 13.7. The molecule has 0 aliphatic carbocycles. The lowest BCUT2D eigenvalue weighted by atomic mass is 10.1. The van der Waals surface area contributed by atoms with E-state index in [1.54, 1.807) is 31.3 Å². The molecule has 0 fully saturated rings. The van der Waals surface area contributed by atoms with Crippen LogP contribution in [0.5, 0.6) is 11.5 Å². The van der Waals surface area contributed by atoms with E-state index in [0.29, 0.717) is 52.8 Å². The van der Waals surface area contributed by atoms with E-state index in [1.807, 2.05) is 72.8 Å². The Morgan fingerprint density at radius 1 is 0.872 bits per heavy atom. The van der Waals surface area contributed by atoms with Gasteiger partial charge < -0.3 is 19.7 Å². The molecule has 198 valence electrons. The number of halogens is 1. The molecule has 5 rings (SSSR count). The van der Waals surface area contributed by atoms with Gasteiger partial charge >= 0.3 is 0 Å². The fourth-order valence-corrected chi connectivity index (χ4v) is 5.63. The summed E-state index contributed by atoms with van der Waals surface area (Å²) in [5.74, 6) is 0.991. The summed E-state index contributed by atoms with van der Waals surface area (Å²) < 4.78 is 10.7. The average molecular weight is 559 g/mol. The predicted molar refractivity (Wildman–Crippen MR) is 155 cm³/mol. The van der Waals surface area contributed by atoms with Crippen molar-refractivity contribution in [2.24, 2.45) is 0 Å². The van der Waals surface area contributed by atoms with Crippen LogP contribution in [0.2, 0.25) is 5.02 Å². The summed E-state index contributed by atoms with van der Waals surface area (Å²) in [4.78, 5) is 30.4. The molecule has 2 amide bonds. The van der Waals surface area contributed by atoms with Gasteiger partial charge in [0.2, 0.25) is 0 Å². The van der Waals surface area contributed by atoms with E-state index < -0.39 is 0 Å². The fourth-order valence-electron chi connectivity index (χ4n) is 4.45. The minimum atomic E-state index is -0.205. The Balaban J connectivity index is 1.38. The molecule has 1 N–H and O–H groups in total. The second-order valence-corrected chi connectivity index (χ2v) is 10.5. The molecule has 1 aliphatic rings. The number of rotatable bonds is 8. The van der Waals surface area contributed by atoms with Gasteiger partial charge in [-0.2, -0.15) is 0 Å². The van der Waals surface area contributed by atoms with Crippen LogP contribution in [0.1, 0.15) is 31.8 Å². The number of hydrogen-bond donors (Lipinski definition) is 1. The Bertz CT molecular complexity index is 1520. The molecule has 0 radical (unpaired) electrons. The van der Waals surface area contributed by atoms with Crippen LogP contribution in [0.3, 0.4) is 0 Å². The summed E-state index contributed by atoms with van der Waals surface area (Å²) in [7, 11) is 3.19. The number of benzene rings is 4. The van der Waals surface area contributed by atoms with Gasteiger partial charge in [0.15, 0.2) is 11.5 Å². The average Bonchev–Trinajstić information content (AvgIpc) is 3.07. The van der Waals surface area contributed by atoms with Crippen LogP contribution in [0, 0.1) is 0 Å². The van der Waals surface area contributed by atoms with Crippen LogP contribution in [-0.2, 0) is 13.0 Å². The lowest BCUT2D eigenvalue weighted by molar-refractivity contribution is 0.0950. The van der Waals surface area contributed by atoms with Crippen molar-refractivity contribution in [3.05, 3.63) is 112 Å². The third-order valence-electron chi connectivity index (χ3n) is 6.50. The monoisotopic (exact) mass is 558 g/mol. The highest BCUT2D eigenvalue weighted by molar-refractivity contribution is 7.99. The highest BCUT2D eigenvalue weighted by Gasteiger charge is 2.28. The number of methoxy groups -OCH3 is 2. The summed E-state index contributed by atoms with van der Waals surface area (Å²) in [6.07, 6.45) is 0.628. The van der Waals surface area contributed by atoms with E-state index in [9.17, 15) is 9.59 Å². The van der Waals surface area contributed by atoms with Gasteiger partial charge in [-0.25, -0.2) is 0 Å². The van der Waals surface area contributed by atoms with Crippen molar-refractivity contribution >= 4 is 40.9 Å². The molecule has 0 spiro atoms. The van der Waals surface area contributed by atoms with Gasteiger partial charge in [0.1, 0.15) is 0 Å². The first-order valence-corrected chi connectivity index (χ1v) is 13.6. The standard InChI is InChI=1S/C31H27ClN2O4S/c1-37-26-13-9-20(17-27(26)38-2)15-16-33-30(35)22-10-14-29-25(18-22)34(19-21-7-11-23(32)12-8-21)31(36)24-5-3-4-6-28(24)39-29/h3-14,17-18H,15-16,19H2,1-2H3,(H,33,35). The topological polar surface area (TPSA) is 67.9 Å². The first kappa shape index (κ1) is 26.7. The van der Waals surface area contributed by atoms with Crippen molar-refractivity contribution in [1.82, 2.24) is 5.32 Å². The smallest absolute Gasteiger partial charge is 0.259 e. The van der Waals surface area contributed by atoms with Crippen molar-refractivity contribution in [2.45, 2.75) is 22.8 Å².